The molecule has 3 fully saturated rings. The molecule has 3 saturated heterocycles. The first-order chi connectivity index (χ1) is 16.1. The molecule has 3 aliphatic heterocycles. The molecule has 0 unspecified atom stereocenters. The fourth-order valence-electron chi connectivity index (χ4n) is 4.56. The molecule has 7 nitrogen and oxygen atoms in total. The number of hydrogen-bond donors (Lipinski definition) is 1. The Morgan fingerprint density at radius 2 is 1.94 bits per heavy atom. The number of para-hydroxylation sites is 1. The van der Waals surface area contributed by atoms with Crippen LogP contribution < -0.4 is 5.32 Å². The van der Waals surface area contributed by atoms with Crippen molar-refractivity contribution in [3.63, 3.8) is 0 Å². The molecule has 1 aromatic carbocycles. The van der Waals surface area contributed by atoms with Gasteiger partial charge in [0.05, 0.1) is 23.7 Å². The third-order valence-corrected chi connectivity index (χ3v) is 7.63. The molecule has 4 heterocycles. The van der Waals surface area contributed by atoms with Gasteiger partial charge in [-0.1, -0.05) is 42.2 Å². The van der Waals surface area contributed by atoms with Crippen LogP contribution in [0.5, 0.6) is 0 Å². The highest BCUT2D eigenvalue weighted by Gasteiger charge is 2.34. The molecule has 1 N–H and O–H groups in total. The Hall–Kier alpha value is -2.20. The van der Waals surface area contributed by atoms with Crippen LogP contribution in [-0.2, 0) is 25.6 Å². The molecule has 2 amide bonds. The number of nitrogens with one attached hydrogen (secondary N) is 1. The molecule has 2 aromatic rings. The Morgan fingerprint density at radius 1 is 1.18 bits per heavy atom. The van der Waals surface area contributed by atoms with Gasteiger partial charge in [0, 0.05) is 42.4 Å². The minimum Gasteiger partial charge on any atom is -0.376 e. The summed E-state index contributed by atoms with van der Waals surface area (Å²) >= 11 is 6.81. The SMILES string of the molecule is O=C(Cn1cc(/C=C2\SC(=S)N(C[C@@H]3CCCO3)C2=O)c2ccccc21)NC[C@H]1CCCO1. The van der Waals surface area contributed by atoms with Crippen molar-refractivity contribution < 1.29 is 19.1 Å². The van der Waals surface area contributed by atoms with Gasteiger partial charge in [0.1, 0.15) is 10.9 Å². The second-order valence-corrected chi connectivity index (χ2v) is 10.3. The maximum atomic E-state index is 13.1. The summed E-state index contributed by atoms with van der Waals surface area (Å²) < 4.78 is 13.8. The molecule has 9 heteroatoms. The number of benzene rings is 1. The summed E-state index contributed by atoms with van der Waals surface area (Å²) in [4.78, 5) is 27.9. The van der Waals surface area contributed by atoms with E-state index in [0.717, 1.165) is 55.4 Å². The quantitative estimate of drug-likeness (QED) is 0.479. The predicted octanol–water partition coefficient (Wildman–Crippen LogP) is 3.32. The van der Waals surface area contributed by atoms with E-state index in [0.29, 0.717) is 22.3 Å². The van der Waals surface area contributed by atoms with Crippen LogP contribution in [0.4, 0.5) is 0 Å². The highest BCUT2D eigenvalue weighted by Crippen LogP contribution is 2.35. The number of thiocarbonyl (C=S) groups is 1. The number of fused-ring (bicyclic) bond motifs is 1. The lowest BCUT2D eigenvalue weighted by Gasteiger charge is -2.18. The number of thioether (sulfide) groups is 1. The number of carbonyl (C=O) groups excluding carboxylic acids is 2. The third kappa shape index (κ3) is 5.01. The van der Waals surface area contributed by atoms with Crippen LogP contribution in [0.3, 0.4) is 0 Å². The lowest BCUT2D eigenvalue weighted by atomic mass is 10.1. The van der Waals surface area contributed by atoms with E-state index in [1.54, 1.807) is 4.90 Å². The van der Waals surface area contributed by atoms with E-state index in [2.05, 4.69) is 5.32 Å². The highest BCUT2D eigenvalue weighted by molar-refractivity contribution is 8.26. The molecule has 2 atom stereocenters. The highest BCUT2D eigenvalue weighted by atomic mass is 32.2. The van der Waals surface area contributed by atoms with Crippen molar-refractivity contribution in [1.82, 2.24) is 14.8 Å². The van der Waals surface area contributed by atoms with Crippen molar-refractivity contribution in [3.05, 3.63) is 40.9 Å². The zero-order valence-electron chi connectivity index (χ0n) is 18.3. The van der Waals surface area contributed by atoms with Crippen molar-refractivity contribution in [2.75, 3.05) is 26.3 Å². The van der Waals surface area contributed by atoms with E-state index < -0.39 is 0 Å². The van der Waals surface area contributed by atoms with Crippen molar-refractivity contribution >= 4 is 57.1 Å². The fourth-order valence-corrected chi connectivity index (χ4v) is 5.82. The topological polar surface area (TPSA) is 72.8 Å². The smallest absolute Gasteiger partial charge is 0.266 e. The van der Waals surface area contributed by atoms with E-state index in [1.807, 2.05) is 41.1 Å². The Balaban J connectivity index is 1.33. The zero-order valence-corrected chi connectivity index (χ0v) is 20.0. The first-order valence-electron chi connectivity index (χ1n) is 11.4. The summed E-state index contributed by atoms with van der Waals surface area (Å²) in [7, 11) is 0. The summed E-state index contributed by atoms with van der Waals surface area (Å²) in [6.45, 7) is 2.77. The molecular weight excluding hydrogens is 458 g/mol. The van der Waals surface area contributed by atoms with Crippen LogP contribution in [0.25, 0.3) is 17.0 Å². The van der Waals surface area contributed by atoms with Crippen LogP contribution in [0.1, 0.15) is 31.2 Å². The monoisotopic (exact) mass is 485 g/mol. The van der Waals surface area contributed by atoms with Crippen LogP contribution in [0.15, 0.2) is 35.4 Å². The summed E-state index contributed by atoms with van der Waals surface area (Å²) in [6, 6.07) is 7.91. The number of carbonyl (C=O) groups is 2. The zero-order chi connectivity index (χ0) is 22.8. The van der Waals surface area contributed by atoms with Gasteiger partial charge in [-0.3, -0.25) is 14.5 Å². The Labute approximate surface area is 202 Å². The molecule has 0 radical (unpaired) electrons. The molecule has 1 aromatic heterocycles. The van der Waals surface area contributed by atoms with Gasteiger partial charge in [0.15, 0.2) is 0 Å². The van der Waals surface area contributed by atoms with Gasteiger partial charge in [-0.2, -0.15) is 0 Å². The lowest BCUT2D eigenvalue weighted by Crippen LogP contribution is -2.35. The van der Waals surface area contributed by atoms with Gasteiger partial charge in [-0.15, -0.1) is 0 Å². The summed E-state index contributed by atoms with van der Waals surface area (Å²) in [5.41, 5.74) is 1.85. The third-order valence-electron chi connectivity index (χ3n) is 6.25. The normalized spacial score (nSPS) is 24.5. The fraction of sp³-hybridized carbons (Fsp3) is 0.458. The van der Waals surface area contributed by atoms with Crippen LogP contribution in [0, 0.1) is 0 Å². The number of rotatable bonds is 7. The van der Waals surface area contributed by atoms with Gasteiger partial charge in [-0.05, 0) is 37.8 Å². The predicted molar refractivity (Wildman–Crippen MR) is 133 cm³/mol. The lowest BCUT2D eigenvalue weighted by molar-refractivity contribution is -0.123. The molecule has 0 saturated carbocycles. The van der Waals surface area contributed by atoms with E-state index in [4.69, 9.17) is 21.7 Å². The van der Waals surface area contributed by atoms with Crippen molar-refractivity contribution in [1.29, 1.82) is 0 Å². The summed E-state index contributed by atoms with van der Waals surface area (Å²) in [5.74, 6) is -0.132. The molecular formula is C24H27N3O4S2. The second kappa shape index (κ2) is 9.97. The second-order valence-electron chi connectivity index (χ2n) is 8.60. The molecule has 3 aliphatic rings. The number of amides is 2. The summed E-state index contributed by atoms with van der Waals surface area (Å²) in [6.07, 6.45) is 8.01. The minimum absolute atomic E-state index is 0.0549. The largest absolute Gasteiger partial charge is 0.376 e. The molecule has 33 heavy (non-hydrogen) atoms. The van der Waals surface area contributed by atoms with Crippen LogP contribution in [0.2, 0.25) is 0 Å². The molecule has 0 spiro atoms. The van der Waals surface area contributed by atoms with Gasteiger partial charge < -0.3 is 19.4 Å². The molecule has 174 valence electrons. The average Bonchev–Trinajstić information content (AvgIpc) is 3.61. The molecule has 0 aliphatic carbocycles. The van der Waals surface area contributed by atoms with Gasteiger partial charge in [0.25, 0.3) is 5.91 Å². The first-order valence-corrected chi connectivity index (χ1v) is 12.6. The number of nitrogens with zero attached hydrogens (tertiary/aromatic N) is 2. The van der Waals surface area contributed by atoms with E-state index >= 15 is 0 Å². The minimum atomic E-state index is -0.0772. The van der Waals surface area contributed by atoms with Gasteiger partial charge in [-0.25, -0.2) is 0 Å². The van der Waals surface area contributed by atoms with E-state index in [-0.39, 0.29) is 30.6 Å². The maximum Gasteiger partial charge on any atom is 0.266 e. The molecule has 0 bridgehead atoms. The number of hydrogen-bond acceptors (Lipinski definition) is 6. The van der Waals surface area contributed by atoms with Crippen molar-refractivity contribution in [2.45, 2.75) is 44.4 Å². The van der Waals surface area contributed by atoms with E-state index in [9.17, 15) is 9.59 Å². The van der Waals surface area contributed by atoms with E-state index in [1.165, 1.54) is 11.8 Å². The Kier molecular flexibility index (Phi) is 6.82. The standard InChI is InChI=1S/C24H27N3O4S2/c28-22(25-12-17-5-3-9-30-17)15-26-13-16(19-7-1-2-8-20(19)26)11-21-23(29)27(24(32)33-21)14-18-6-4-10-31-18/h1-2,7-8,11,13,17-18H,3-6,9-10,12,14-15H2,(H,25,28)/b21-11-/t17-,18+/m1/s1. The van der Waals surface area contributed by atoms with Crippen LogP contribution in [-0.4, -0.2) is 64.1 Å². The molecule has 5 rings (SSSR count). The average molecular weight is 486 g/mol. The van der Waals surface area contributed by atoms with Crippen molar-refractivity contribution in [3.8, 4) is 0 Å². The van der Waals surface area contributed by atoms with Crippen LogP contribution >= 0.6 is 24.0 Å². The number of ether oxygens (including phenoxy) is 2. The number of aromatic nitrogens is 1. The first kappa shape index (κ1) is 22.6. The Bertz CT molecular complexity index is 1100. The maximum absolute atomic E-state index is 13.1. The van der Waals surface area contributed by atoms with Gasteiger partial charge in [0.2, 0.25) is 5.91 Å². The van der Waals surface area contributed by atoms with Gasteiger partial charge >= 0.3 is 0 Å². The Morgan fingerprint density at radius 3 is 2.70 bits per heavy atom. The summed E-state index contributed by atoms with van der Waals surface area (Å²) in [5, 5.41) is 3.97. The van der Waals surface area contributed by atoms with Crippen molar-refractivity contribution in [2.24, 2.45) is 0 Å².